The van der Waals surface area contributed by atoms with Crippen molar-refractivity contribution in [1.82, 2.24) is 0 Å². The molecule has 1 aromatic carbocycles. The number of benzene rings is 1. The molecule has 0 bridgehead atoms. The number of alkyl halides is 1. The molecule has 0 heterocycles. The fraction of sp³-hybridized carbons (Fsp3) is 0.200. The zero-order valence-electron chi connectivity index (χ0n) is 7.60. The topological polar surface area (TPSA) is 34.1 Å². The van der Waals surface area contributed by atoms with E-state index in [2.05, 4.69) is 15.9 Å². The van der Waals surface area contributed by atoms with Crippen molar-refractivity contribution >= 4 is 50.2 Å². The van der Waals surface area contributed by atoms with Crippen LogP contribution in [0.5, 0.6) is 0 Å². The van der Waals surface area contributed by atoms with Crippen molar-refractivity contribution < 1.29 is 9.59 Å². The van der Waals surface area contributed by atoms with Gasteiger partial charge in [-0.2, -0.15) is 0 Å². The van der Waals surface area contributed by atoms with Crippen LogP contribution in [0.25, 0.3) is 0 Å². The summed E-state index contributed by atoms with van der Waals surface area (Å²) in [5, 5.41) is -0.522. The van der Waals surface area contributed by atoms with E-state index in [9.17, 15) is 9.59 Å². The van der Waals surface area contributed by atoms with Crippen molar-refractivity contribution in [3.8, 4) is 0 Å². The molecule has 2 nitrogen and oxygen atoms in total. The van der Waals surface area contributed by atoms with Gasteiger partial charge in [0.15, 0.2) is 5.78 Å². The molecule has 0 radical (unpaired) electrons. The van der Waals surface area contributed by atoms with Gasteiger partial charge in [0.25, 0.3) is 5.24 Å². The van der Waals surface area contributed by atoms with Crippen molar-refractivity contribution in [2.75, 3.05) is 5.88 Å². The number of ketones is 1. The Morgan fingerprint density at radius 3 is 2.47 bits per heavy atom. The van der Waals surface area contributed by atoms with E-state index in [4.69, 9.17) is 23.2 Å². The minimum absolute atomic E-state index is 0.0113. The van der Waals surface area contributed by atoms with E-state index in [-0.39, 0.29) is 18.1 Å². The lowest BCUT2D eigenvalue weighted by Crippen LogP contribution is -2.04. The van der Waals surface area contributed by atoms with Gasteiger partial charge in [0.2, 0.25) is 0 Å². The second kappa shape index (κ2) is 5.64. The molecule has 0 aromatic heterocycles. The van der Waals surface area contributed by atoms with Gasteiger partial charge in [-0.25, -0.2) is 0 Å². The first-order valence-electron chi connectivity index (χ1n) is 4.10. The summed E-state index contributed by atoms with van der Waals surface area (Å²) in [6, 6.07) is 4.85. The summed E-state index contributed by atoms with van der Waals surface area (Å²) in [4.78, 5) is 22.0. The molecule has 15 heavy (non-hydrogen) atoms. The minimum atomic E-state index is -0.522. The standard InChI is InChI=1S/C10H7BrCl2O2/c11-9-4-7(10(13)15)2-1-6(9)3-8(14)5-12/h1-2,4H,3,5H2. The van der Waals surface area contributed by atoms with E-state index >= 15 is 0 Å². The molecule has 0 atom stereocenters. The third-order valence-corrected chi connectivity index (χ3v) is 3.07. The lowest BCUT2D eigenvalue weighted by atomic mass is 10.1. The first kappa shape index (κ1) is 12.7. The number of hydrogen-bond acceptors (Lipinski definition) is 2. The molecular formula is C10H7BrCl2O2. The molecule has 0 aliphatic rings. The van der Waals surface area contributed by atoms with Gasteiger partial charge in [0.05, 0.1) is 5.88 Å². The molecule has 0 N–H and O–H groups in total. The van der Waals surface area contributed by atoms with Gasteiger partial charge < -0.3 is 0 Å². The SMILES string of the molecule is O=C(CCl)Cc1ccc(C(=O)Cl)cc1Br. The zero-order valence-corrected chi connectivity index (χ0v) is 10.7. The number of carbonyl (C=O) groups excluding carboxylic acids is 2. The second-order valence-corrected chi connectivity index (χ2v) is 4.39. The third kappa shape index (κ3) is 3.59. The Balaban J connectivity index is 2.93. The molecule has 0 spiro atoms. The first-order chi connectivity index (χ1) is 7.04. The summed E-state index contributed by atoms with van der Waals surface area (Å²) in [6.07, 6.45) is 0.251. The van der Waals surface area contributed by atoms with Gasteiger partial charge >= 0.3 is 0 Å². The second-order valence-electron chi connectivity index (χ2n) is 2.93. The van der Waals surface area contributed by atoms with Crippen molar-refractivity contribution in [1.29, 1.82) is 0 Å². The molecular weight excluding hydrogens is 303 g/mol. The van der Waals surface area contributed by atoms with Crippen LogP contribution in [0.15, 0.2) is 22.7 Å². The van der Waals surface area contributed by atoms with E-state index in [1.54, 1.807) is 18.2 Å². The average Bonchev–Trinajstić information content (AvgIpc) is 2.20. The Bertz CT molecular complexity index is 404. The fourth-order valence-corrected chi connectivity index (χ4v) is 1.80. The number of rotatable bonds is 4. The highest BCUT2D eigenvalue weighted by Crippen LogP contribution is 2.20. The maximum absolute atomic E-state index is 11.1. The van der Waals surface area contributed by atoms with E-state index in [1.807, 2.05) is 0 Å². The summed E-state index contributed by atoms with van der Waals surface area (Å²) in [7, 11) is 0. The van der Waals surface area contributed by atoms with Gasteiger partial charge in [0, 0.05) is 16.5 Å². The van der Waals surface area contributed by atoms with E-state index in [0.29, 0.717) is 10.0 Å². The predicted octanol–water partition coefficient (Wildman–Crippen LogP) is 3.18. The van der Waals surface area contributed by atoms with Crippen LogP contribution in [-0.4, -0.2) is 16.9 Å². The highest BCUT2D eigenvalue weighted by atomic mass is 79.9. The number of hydrogen-bond donors (Lipinski definition) is 0. The monoisotopic (exact) mass is 308 g/mol. The summed E-state index contributed by atoms with van der Waals surface area (Å²) in [5.74, 6) is -0.0786. The molecule has 1 aromatic rings. The van der Waals surface area contributed by atoms with Crippen LogP contribution in [0.1, 0.15) is 15.9 Å². The Hall–Kier alpha value is -0.380. The Labute approximate surface area is 106 Å². The van der Waals surface area contributed by atoms with Crippen molar-refractivity contribution in [2.24, 2.45) is 0 Å². The van der Waals surface area contributed by atoms with Crippen molar-refractivity contribution in [3.63, 3.8) is 0 Å². The van der Waals surface area contributed by atoms with E-state index in [1.165, 1.54) is 0 Å². The van der Waals surface area contributed by atoms with Gasteiger partial charge in [-0.15, -0.1) is 11.6 Å². The average molecular weight is 310 g/mol. The molecule has 0 amide bonds. The third-order valence-electron chi connectivity index (χ3n) is 1.82. The molecule has 0 saturated heterocycles. The van der Waals surface area contributed by atoms with E-state index < -0.39 is 5.24 Å². The van der Waals surface area contributed by atoms with Crippen LogP contribution in [-0.2, 0) is 11.2 Å². The molecule has 0 aliphatic heterocycles. The van der Waals surface area contributed by atoms with Crippen LogP contribution in [0.4, 0.5) is 0 Å². The summed E-state index contributed by atoms with van der Waals surface area (Å²) in [5.41, 5.74) is 1.19. The van der Waals surface area contributed by atoms with Crippen LogP contribution in [0.3, 0.4) is 0 Å². The molecule has 0 saturated carbocycles. The maximum atomic E-state index is 11.1. The van der Waals surface area contributed by atoms with Gasteiger partial charge in [0.1, 0.15) is 0 Å². The molecule has 0 unspecified atom stereocenters. The minimum Gasteiger partial charge on any atom is -0.298 e. The molecule has 0 fully saturated rings. The lowest BCUT2D eigenvalue weighted by molar-refractivity contribution is -0.116. The number of halogens is 3. The Morgan fingerprint density at radius 1 is 1.33 bits per heavy atom. The van der Waals surface area contributed by atoms with Gasteiger partial charge in [-0.3, -0.25) is 9.59 Å². The number of Topliss-reactive ketones (excluding diaryl/α,β-unsaturated/α-hetero) is 1. The van der Waals surface area contributed by atoms with Crippen LogP contribution < -0.4 is 0 Å². The zero-order chi connectivity index (χ0) is 11.4. The molecule has 80 valence electrons. The van der Waals surface area contributed by atoms with Crippen LogP contribution >= 0.6 is 39.1 Å². The molecule has 5 heteroatoms. The highest BCUT2D eigenvalue weighted by Gasteiger charge is 2.08. The fourth-order valence-electron chi connectivity index (χ4n) is 1.07. The molecule has 0 aliphatic carbocycles. The highest BCUT2D eigenvalue weighted by molar-refractivity contribution is 9.10. The van der Waals surface area contributed by atoms with Crippen molar-refractivity contribution in [3.05, 3.63) is 33.8 Å². The smallest absolute Gasteiger partial charge is 0.252 e. The van der Waals surface area contributed by atoms with Gasteiger partial charge in [-0.1, -0.05) is 22.0 Å². The molecule has 1 rings (SSSR count). The first-order valence-corrected chi connectivity index (χ1v) is 5.81. The Kier molecular flexibility index (Phi) is 4.77. The quantitative estimate of drug-likeness (QED) is 0.632. The summed E-state index contributed by atoms with van der Waals surface area (Å²) >= 11 is 14.0. The van der Waals surface area contributed by atoms with Crippen molar-refractivity contribution in [2.45, 2.75) is 6.42 Å². The largest absolute Gasteiger partial charge is 0.298 e. The summed E-state index contributed by atoms with van der Waals surface area (Å²) in [6.45, 7) is 0. The number of carbonyl (C=O) groups is 2. The van der Waals surface area contributed by atoms with Gasteiger partial charge in [-0.05, 0) is 29.3 Å². The van der Waals surface area contributed by atoms with E-state index in [0.717, 1.165) is 5.56 Å². The Morgan fingerprint density at radius 2 is 2.00 bits per heavy atom. The lowest BCUT2D eigenvalue weighted by Gasteiger charge is -2.03. The summed E-state index contributed by atoms with van der Waals surface area (Å²) < 4.78 is 0.687. The normalized spacial score (nSPS) is 10.1. The predicted molar refractivity (Wildman–Crippen MR) is 63.8 cm³/mol. The van der Waals surface area contributed by atoms with Crippen LogP contribution in [0, 0.1) is 0 Å². The van der Waals surface area contributed by atoms with Crippen LogP contribution in [0.2, 0.25) is 0 Å². The maximum Gasteiger partial charge on any atom is 0.252 e.